The Kier molecular flexibility index (Phi) is 5.85. The molecule has 9 heteroatoms. The van der Waals surface area contributed by atoms with Gasteiger partial charge in [-0.05, 0) is 41.5 Å². The monoisotopic (exact) mass is 434 g/mol. The maximum absolute atomic E-state index is 13.2. The second kappa shape index (κ2) is 8.73. The number of aryl methyl sites for hydroxylation is 1. The van der Waals surface area contributed by atoms with E-state index in [-0.39, 0.29) is 17.1 Å². The summed E-state index contributed by atoms with van der Waals surface area (Å²) in [5.74, 6) is 0.151. The first-order valence-corrected chi connectivity index (χ1v) is 10.9. The van der Waals surface area contributed by atoms with Crippen LogP contribution in [0.2, 0.25) is 0 Å². The van der Waals surface area contributed by atoms with Crippen molar-refractivity contribution in [2.24, 2.45) is 7.05 Å². The van der Waals surface area contributed by atoms with Gasteiger partial charge in [-0.1, -0.05) is 61.2 Å². The molecule has 8 nitrogen and oxygen atoms in total. The molecule has 31 heavy (non-hydrogen) atoms. The van der Waals surface area contributed by atoms with Crippen LogP contribution in [0.3, 0.4) is 0 Å². The number of thioether (sulfide) groups is 1. The fourth-order valence-electron chi connectivity index (χ4n) is 3.35. The molecule has 0 aliphatic carbocycles. The average Bonchev–Trinajstić information content (AvgIpc) is 3.34. The van der Waals surface area contributed by atoms with Crippen LogP contribution in [-0.2, 0) is 13.5 Å². The predicted octanol–water partition coefficient (Wildman–Crippen LogP) is 3.00. The normalized spacial score (nSPS) is 11.1. The summed E-state index contributed by atoms with van der Waals surface area (Å²) in [7, 11) is 1.81. The lowest BCUT2D eigenvalue weighted by Gasteiger charge is -2.07. The minimum absolute atomic E-state index is 0.0197. The van der Waals surface area contributed by atoms with E-state index in [0.717, 1.165) is 12.1 Å². The van der Waals surface area contributed by atoms with Gasteiger partial charge in [-0.25, -0.2) is 4.68 Å². The van der Waals surface area contributed by atoms with E-state index in [0.29, 0.717) is 22.1 Å². The number of nitrogens with zero attached hydrogens (tertiary/aromatic N) is 6. The minimum atomic E-state index is -0.234. The molecule has 0 aliphatic heterocycles. The summed E-state index contributed by atoms with van der Waals surface area (Å²) in [4.78, 5) is 25.8. The number of aromatic nitrogens is 6. The average molecular weight is 435 g/mol. The third kappa shape index (κ3) is 3.96. The van der Waals surface area contributed by atoms with Crippen molar-refractivity contribution >= 4 is 17.5 Å². The van der Waals surface area contributed by atoms with Gasteiger partial charge in [-0.3, -0.25) is 14.3 Å². The Morgan fingerprint density at radius 3 is 2.45 bits per heavy atom. The summed E-state index contributed by atoms with van der Waals surface area (Å²) < 4.78 is 4.75. The first-order valence-electron chi connectivity index (χ1n) is 9.89. The molecular formula is C22H22N6O2S. The molecule has 0 aliphatic rings. The van der Waals surface area contributed by atoms with Crippen LogP contribution in [0, 0.1) is 6.92 Å². The second-order valence-electron chi connectivity index (χ2n) is 7.05. The topological polar surface area (TPSA) is 87.6 Å². The van der Waals surface area contributed by atoms with Crippen LogP contribution in [0.5, 0.6) is 0 Å². The highest BCUT2D eigenvalue weighted by Gasteiger charge is 2.22. The molecule has 0 unspecified atom stereocenters. The molecule has 0 N–H and O–H groups in total. The standard InChI is InChI=1S/C22H22N6O2S/c1-4-16-10-12-17(13-11-16)19(29)14-31-22-23-24-25-27(22)20-15(2)26(3)28(21(20)30)18-8-6-5-7-9-18/h5-13H,4,14H2,1-3H3. The van der Waals surface area contributed by atoms with Crippen molar-refractivity contribution in [2.45, 2.75) is 25.4 Å². The lowest BCUT2D eigenvalue weighted by atomic mass is 10.1. The molecule has 0 bridgehead atoms. The zero-order valence-electron chi connectivity index (χ0n) is 17.5. The van der Waals surface area contributed by atoms with Crippen LogP contribution in [0.4, 0.5) is 0 Å². The number of hydrogen-bond acceptors (Lipinski definition) is 6. The van der Waals surface area contributed by atoms with E-state index in [2.05, 4.69) is 22.4 Å². The molecule has 158 valence electrons. The molecule has 0 amide bonds. The first kappa shape index (κ1) is 20.8. The molecule has 4 aromatic rings. The summed E-state index contributed by atoms with van der Waals surface area (Å²) in [6.07, 6.45) is 0.926. The van der Waals surface area contributed by atoms with E-state index < -0.39 is 0 Å². The number of para-hydroxylation sites is 1. The largest absolute Gasteiger partial charge is 0.297 e. The van der Waals surface area contributed by atoms with E-state index in [9.17, 15) is 9.59 Å². The van der Waals surface area contributed by atoms with Gasteiger partial charge in [0.2, 0.25) is 5.16 Å². The Hall–Kier alpha value is -3.46. The number of ketones is 1. The molecule has 4 rings (SSSR count). The SMILES string of the molecule is CCc1ccc(C(=O)CSc2nnnn2-c2c(C)n(C)n(-c3ccccc3)c2=O)cc1. The Balaban J connectivity index is 1.62. The van der Waals surface area contributed by atoms with E-state index in [1.165, 1.54) is 22.0 Å². The fourth-order valence-corrected chi connectivity index (χ4v) is 4.12. The predicted molar refractivity (Wildman–Crippen MR) is 119 cm³/mol. The zero-order chi connectivity index (χ0) is 22.0. The van der Waals surface area contributed by atoms with Crippen LogP contribution in [0.15, 0.2) is 64.5 Å². The van der Waals surface area contributed by atoms with Gasteiger partial charge in [-0.2, -0.15) is 4.68 Å². The summed E-state index contributed by atoms with van der Waals surface area (Å²) >= 11 is 1.21. The summed E-state index contributed by atoms with van der Waals surface area (Å²) in [5, 5.41) is 12.2. The van der Waals surface area contributed by atoms with E-state index in [1.807, 2.05) is 68.6 Å². The maximum atomic E-state index is 13.2. The van der Waals surface area contributed by atoms with Crippen molar-refractivity contribution in [3.05, 3.63) is 81.8 Å². The molecule has 2 heterocycles. The van der Waals surface area contributed by atoms with Crippen LogP contribution < -0.4 is 5.56 Å². The Labute approximate surface area is 183 Å². The van der Waals surface area contributed by atoms with Gasteiger partial charge in [0, 0.05) is 12.6 Å². The quantitative estimate of drug-likeness (QED) is 0.328. The van der Waals surface area contributed by atoms with Crippen LogP contribution in [-0.4, -0.2) is 41.1 Å². The second-order valence-corrected chi connectivity index (χ2v) is 7.99. The van der Waals surface area contributed by atoms with E-state index in [4.69, 9.17) is 0 Å². The number of tetrazole rings is 1. The molecule has 0 fully saturated rings. The van der Waals surface area contributed by atoms with Gasteiger partial charge in [0.05, 0.1) is 17.1 Å². The molecular weight excluding hydrogens is 412 g/mol. The van der Waals surface area contributed by atoms with Gasteiger partial charge in [0.1, 0.15) is 0 Å². The van der Waals surface area contributed by atoms with Crippen LogP contribution >= 0.6 is 11.8 Å². The third-order valence-electron chi connectivity index (χ3n) is 5.19. The Morgan fingerprint density at radius 2 is 1.77 bits per heavy atom. The molecule has 2 aromatic heterocycles. The maximum Gasteiger partial charge on any atom is 0.297 e. The number of hydrogen-bond donors (Lipinski definition) is 0. The smallest absolute Gasteiger partial charge is 0.293 e. The molecule has 0 saturated heterocycles. The van der Waals surface area contributed by atoms with Crippen molar-refractivity contribution in [2.75, 3.05) is 5.75 Å². The zero-order valence-corrected chi connectivity index (χ0v) is 18.3. The Morgan fingerprint density at radius 1 is 1.06 bits per heavy atom. The lowest BCUT2D eigenvalue weighted by Crippen LogP contribution is -2.22. The highest BCUT2D eigenvalue weighted by Crippen LogP contribution is 2.21. The summed E-state index contributed by atoms with van der Waals surface area (Å²) in [6, 6.07) is 17.0. The lowest BCUT2D eigenvalue weighted by molar-refractivity contribution is 0.102. The van der Waals surface area contributed by atoms with Crippen molar-refractivity contribution in [1.29, 1.82) is 0 Å². The van der Waals surface area contributed by atoms with E-state index >= 15 is 0 Å². The number of benzene rings is 2. The molecule has 0 spiro atoms. The highest BCUT2D eigenvalue weighted by atomic mass is 32.2. The molecule has 0 atom stereocenters. The summed E-state index contributed by atoms with van der Waals surface area (Å²) in [5.41, 5.74) is 3.41. The number of Topliss-reactive ketones (excluding diaryl/α,β-unsaturated/α-hetero) is 1. The third-order valence-corrected chi connectivity index (χ3v) is 6.11. The number of carbonyl (C=O) groups excluding carboxylic acids is 1. The fraction of sp³-hybridized carbons (Fsp3) is 0.227. The van der Waals surface area contributed by atoms with Gasteiger partial charge >= 0.3 is 0 Å². The number of carbonyl (C=O) groups is 1. The van der Waals surface area contributed by atoms with Crippen molar-refractivity contribution < 1.29 is 4.79 Å². The van der Waals surface area contributed by atoms with E-state index in [1.54, 1.807) is 9.36 Å². The van der Waals surface area contributed by atoms with Crippen LogP contribution in [0.25, 0.3) is 11.4 Å². The van der Waals surface area contributed by atoms with Crippen molar-refractivity contribution in [3.63, 3.8) is 0 Å². The van der Waals surface area contributed by atoms with Gasteiger partial charge in [0.25, 0.3) is 5.56 Å². The van der Waals surface area contributed by atoms with Gasteiger partial charge in [-0.15, -0.1) is 5.10 Å². The van der Waals surface area contributed by atoms with Crippen molar-refractivity contribution in [1.82, 2.24) is 29.6 Å². The molecule has 2 aromatic carbocycles. The van der Waals surface area contributed by atoms with Crippen molar-refractivity contribution in [3.8, 4) is 11.4 Å². The Bertz CT molecular complexity index is 1270. The number of rotatable bonds is 7. The minimum Gasteiger partial charge on any atom is -0.293 e. The summed E-state index contributed by atoms with van der Waals surface area (Å²) in [6.45, 7) is 3.91. The first-order chi connectivity index (χ1) is 15.0. The van der Waals surface area contributed by atoms with Crippen LogP contribution in [0.1, 0.15) is 28.5 Å². The molecule has 0 saturated carbocycles. The van der Waals surface area contributed by atoms with Gasteiger partial charge < -0.3 is 0 Å². The van der Waals surface area contributed by atoms with Gasteiger partial charge in [0.15, 0.2) is 11.5 Å². The molecule has 0 radical (unpaired) electrons. The highest BCUT2D eigenvalue weighted by molar-refractivity contribution is 7.99.